The maximum Gasteiger partial charge on any atom is 0.200 e. The van der Waals surface area contributed by atoms with Gasteiger partial charge in [0.05, 0.1) is 23.5 Å². The molecule has 0 radical (unpaired) electrons. The second-order valence-electron chi connectivity index (χ2n) is 6.93. The number of aromatic amines is 1. The number of ketones is 1. The summed E-state index contributed by atoms with van der Waals surface area (Å²) >= 11 is 0. The number of aldehydes is 1. The number of H-pyrrole nitrogens is 1. The average molecular weight is 388 g/mol. The summed E-state index contributed by atoms with van der Waals surface area (Å²) in [5, 5.41) is 18.0. The SMILES string of the molecule is Cc1cc(CNc2cccc(C(=O)c3ccc4c(C=O)c(O)[nH]c4c3)c2)n(C)n1. The van der Waals surface area contributed by atoms with Gasteiger partial charge in [0.1, 0.15) is 0 Å². The van der Waals surface area contributed by atoms with Crippen LogP contribution in [0.5, 0.6) is 5.88 Å². The summed E-state index contributed by atoms with van der Waals surface area (Å²) in [6.45, 7) is 2.54. The predicted molar refractivity (Wildman–Crippen MR) is 110 cm³/mol. The van der Waals surface area contributed by atoms with Gasteiger partial charge in [-0.1, -0.05) is 24.3 Å². The van der Waals surface area contributed by atoms with Gasteiger partial charge in [-0.05, 0) is 31.2 Å². The largest absolute Gasteiger partial charge is 0.494 e. The first-order valence-corrected chi connectivity index (χ1v) is 9.14. The summed E-state index contributed by atoms with van der Waals surface area (Å²) < 4.78 is 1.83. The predicted octanol–water partition coefficient (Wildman–Crippen LogP) is 3.57. The van der Waals surface area contributed by atoms with Crippen LogP contribution in [0.25, 0.3) is 10.9 Å². The fourth-order valence-electron chi connectivity index (χ4n) is 3.42. The van der Waals surface area contributed by atoms with Crippen molar-refractivity contribution in [1.82, 2.24) is 14.8 Å². The Kier molecular flexibility index (Phi) is 4.64. The lowest BCUT2D eigenvalue weighted by Crippen LogP contribution is -2.07. The van der Waals surface area contributed by atoms with E-state index in [0.717, 1.165) is 17.1 Å². The third-order valence-corrected chi connectivity index (χ3v) is 4.90. The number of aryl methyl sites for hydroxylation is 2. The number of carbonyl (C=O) groups is 2. The minimum absolute atomic E-state index is 0.145. The monoisotopic (exact) mass is 388 g/mol. The van der Waals surface area contributed by atoms with E-state index in [4.69, 9.17) is 0 Å². The topological polar surface area (TPSA) is 100 Å². The number of fused-ring (bicyclic) bond motifs is 1. The molecule has 146 valence electrons. The van der Waals surface area contributed by atoms with E-state index in [1.807, 2.05) is 36.9 Å². The maximum atomic E-state index is 12.9. The smallest absolute Gasteiger partial charge is 0.200 e. The van der Waals surface area contributed by atoms with E-state index in [-0.39, 0.29) is 17.2 Å². The Bertz CT molecular complexity index is 1240. The minimum Gasteiger partial charge on any atom is -0.494 e. The zero-order valence-electron chi connectivity index (χ0n) is 16.1. The van der Waals surface area contributed by atoms with Gasteiger partial charge in [-0.3, -0.25) is 14.3 Å². The lowest BCUT2D eigenvalue weighted by Gasteiger charge is -2.09. The van der Waals surface area contributed by atoms with Crippen molar-refractivity contribution in [2.24, 2.45) is 7.05 Å². The third kappa shape index (κ3) is 3.50. The van der Waals surface area contributed by atoms with Crippen LogP contribution in [0, 0.1) is 6.92 Å². The molecule has 0 atom stereocenters. The summed E-state index contributed by atoms with van der Waals surface area (Å²) in [5.41, 5.74) is 4.57. The van der Waals surface area contributed by atoms with Gasteiger partial charge in [-0.15, -0.1) is 0 Å². The Hall–Kier alpha value is -3.87. The van der Waals surface area contributed by atoms with Gasteiger partial charge >= 0.3 is 0 Å². The summed E-state index contributed by atoms with van der Waals surface area (Å²) in [6, 6.07) is 14.3. The molecule has 2 aromatic heterocycles. The van der Waals surface area contributed by atoms with E-state index in [1.54, 1.807) is 30.3 Å². The number of aromatic nitrogens is 3. The molecular formula is C22H20N4O3. The van der Waals surface area contributed by atoms with Crippen molar-refractivity contribution in [2.75, 3.05) is 5.32 Å². The van der Waals surface area contributed by atoms with Crippen molar-refractivity contribution in [3.8, 4) is 5.88 Å². The number of hydrogen-bond donors (Lipinski definition) is 3. The lowest BCUT2D eigenvalue weighted by molar-refractivity contribution is 0.103. The summed E-state index contributed by atoms with van der Waals surface area (Å²) in [4.78, 5) is 26.8. The molecule has 3 N–H and O–H groups in total. The van der Waals surface area contributed by atoms with Crippen molar-refractivity contribution < 1.29 is 14.7 Å². The van der Waals surface area contributed by atoms with Crippen LogP contribution in [0.1, 0.15) is 37.7 Å². The Morgan fingerprint density at radius 3 is 2.72 bits per heavy atom. The zero-order valence-corrected chi connectivity index (χ0v) is 16.1. The number of nitrogens with one attached hydrogen (secondary N) is 2. The molecule has 7 heteroatoms. The highest BCUT2D eigenvalue weighted by molar-refractivity contribution is 6.12. The first-order valence-electron chi connectivity index (χ1n) is 9.14. The molecule has 0 bridgehead atoms. The van der Waals surface area contributed by atoms with Crippen molar-refractivity contribution in [3.63, 3.8) is 0 Å². The molecule has 0 spiro atoms. The third-order valence-electron chi connectivity index (χ3n) is 4.90. The molecule has 2 heterocycles. The number of hydrogen-bond acceptors (Lipinski definition) is 5. The molecule has 0 aliphatic heterocycles. The van der Waals surface area contributed by atoms with Gasteiger partial charge in [0.15, 0.2) is 17.9 Å². The number of nitrogens with zero attached hydrogens (tertiary/aromatic N) is 2. The molecule has 0 aliphatic carbocycles. The Morgan fingerprint density at radius 2 is 2.00 bits per heavy atom. The van der Waals surface area contributed by atoms with Gasteiger partial charge in [-0.25, -0.2) is 0 Å². The Morgan fingerprint density at radius 1 is 1.21 bits per heavy atom. The maximum absolute atomic E-state index is 12.9. The number of rotatable bonds is 6. The van der Waals surface area contributed by atoms with Gasteiger partial charge in [0, 0.05) is 34.8 Å². The molecule has 7 nitrogen and oxygen atoms in total. The second kappa shape index (κ2) is 7.27. The van der Waals surface area contributed by atoms with Crippen LogP contribution in [-0.4, -0.2) is 31.9 Å². The van der Waals surface area contributed by atoms with Gasteiger partial charge in [0.25, 0.3) is 0 Å². The Balaban J connectivity index is 1.57. The molecule has 4 rings (SSSR count). The molecule has 0 amide bonds. The molecule has 0 saturated carbocycles. The van der Waals surface area contributed by atoms with Crippen molar-refractivity contribution in [2.45, 2.75) is 13.5 Å². The summed E-state index contributed by atoms with van der Waals surface area (Å²) in [6.07, 6.45) is 0.592. The molecule has 0 unspecified atom stereocenters. The highest BCUT2D eigenvalue weighted by atomic mass is 16.3. The van der Waals surface area contributed by atoms with Crippen molar-refractivity contribution >= 4 is 28.7 Å². The molecule has 0 aliphatic rings. The standard InChI is InChI=1S/C22H20N4O3/c1-13-8-17(26(2)25-13)11-23-16-5-3-4-14(9-16)21(28)15-6-7-18-19(12-27)22(29)24-20(18)10-15/h3-10,12,23-24,29H,11H2,1-2H3. The zero-order chi connectivity index (χ0) is 20.5. The van der Waals surface area contributed by atoms with E-state index in [9.17, 15) is 14.7 Å². The van der Waals surface area contributed by atoms with E-state index >= 15 is 0 Å². The number of aromatic hydroxyl groups is 1. The molecule has 2 aromatic carbocycles. The highest BCUT2D eigenvalue weighted by Crippen LogP contribution is 2.27. The number of anilines is 1. The lowest BCUT2D eigenvalue weighted by atomic mass is 10.0. The van der Waals surface area contributed by atoms with E-state index < -0.39 is 0 Å². The molecule has 29 heavy (non-hydrogen) atoms. The summed E-state index contributed by atoms with van der Waals surface area (Å²) in [7, 11) is 1.90. The van der Waals surface area contributed by atoms with Crippen molar-refractivity contribution in [3.05, 3.63) is 76.6 Å². The molecular weight excluding hydrogens is 368 g/mol. The highest BCUT2D eigenvalue weighted by Gasteiger charge is 2.14. The van der Waals surface area contributed by atoms with E-state index in [1.165, 1.54) is 0 Å². The van der Waals surface area contributed by atoms with Crippen LogP contribution in [0.4, 0.5) is 5.69 Å². The minimum atomic E-state index is -0.198. The van der Waals surface area contributed by atoms with Gasteiger partial charge in [-0.2, -0.15) is 5.10 Å². The second-order valence-corrected chi connectivity index (χ2v) is 6.93. The van der Waals surface area contributed by atoms with E-state index in [2.05, 4.69) is 15.4 Å². The quantitative estimate of drug-likeness (QED) is 0.346. The number of carbonyl (C=O) groups excluding carboxylic acids is 2. The molecule has 4 aromatic rings. The first-order chi connectivity index (χ1) is 14.0. The van der Waals surface area contributed by atoms with Crippen LogP contribution < -0.4 is 5.32 Å². The fraction of sp³-hybridized carbons (Fsp3) is 0.136. The average Bonchev–Trinajstić information content (AvgIpc) is 3.21. The van der Waals surface area contributed by atoms with Crippen LogP contribution in [0.2, 0.25) is 0 Å². The van der Waals surface area contributed by atoms with Crippen LogP contribution in [0.15, 0.2) is 48.5 Å². The van der Waals surface area contributed by atoms with E-state index in [0.29, 0.717) is 34.9 Å². The summed E-state index contributed by atoms with van der Waals surface area (Å²) in [5.74, 6) is -0.343. The molecule has 0 fully saturated rings. The van der Waals surface area contributed by atoms with Gasteiger partial charge < -0.3 is 15.4 Å². The Labute approximate surface area is 167 Å². The fourth-order valence-corrected chi connectivity index (χ4v) is 3.42. The number of benzene rings is 2. The molecule has 0 saturated heterocycles. The normalized spacial score (nSPS) is 11.0. The van der Waals surface area contributed by atoms with Crippen molar-refractivity contribution in [1.29, 1.82) is 0 Å². The first kappa shape index (κ1) is 18.5. The van der Waals surface area contributed by atoms with Crippen LogP contribution in [-0.2, 0) is 13.6 Å². The van der Waals surface area contributed by atoms with Crippen LogP contribution >= 0.6 is 0 Å². The van der Waals surface area contributed by atoms with Gasteiger partial charge in [0.2, 0.25) is 0 Å². The van der Waals surface area contributed by atoms with Crippen LogP contribution in [0.3, 0.4) is 0 Å².